The van der Waals surface area contributed by atoms with E-state index in [1.54, 1.807) is 0 Å². The van der Waals surface area contributed by atoms with Crippen molar-refractivity contribution in [3.05, 3.63) is 59.7 Å². The van der Waals surface area contributed by atoms with Gasteiger partial charge in [0, 0.05) is 17.0 Å². The van der Waals surface area contributed by atoms with Crippen molar-refractivity contribution in [2.24, 2.45) is 17.8 Å². The summed E-state index contributed by atoms with van der Waals surface area (Å²) in [7, 11) is 0. The molecule has 1 atom stereocenters. The quantitative estimate of drug-likeness (QED) is 0.396. The van der Waals surface area contributed by atoms with Crippen LogP contribution in [0.4, 0.5) is 0 Å². The minimum absolute atomic E-state index is 0.448. The molecule has 3 aromatic carbocycles. The molecule has 6 rings (SSSR count). The minimum Gasteiger partial charge on any atom is -0.492 e. The van der Waals surface area contributed by atoms with E-state index < -0.39 is 0 Å². The topological polar surface area (TPSA) is 18.5 Å². The fraction of sp³-hybridized carbons (Fsp3) is 0.500. The summed E-state index contributed by atoms with van der Waals surface area (Å²) >= 11 is 0. The average Bonchev–Trinajstić information content (AvgIpc) is 2.97. The highest BCUT2D eigenvalue weighted by Gasteiger charge is 2.31. The fourth-order valence-electron chi connectivity index (χ4n) is 6.90. The Balaban J connectivity index is 1.41. The first-order valence-corrected chi connectivity index (χ1v) is 13.7. The van der Waals surface area contributed by atoms with Gasteiger partial charge in [-0.05, 0) is 84.4 Å². The van der Waals surface area contributed by atoms with Crippen molar-refractivity contribution >= 4 is 10.8 Å². The Bertz CT molecular complexity index is 1160. The van der Waals surface area contributed by atoms with E-state index in [2.05, 4.69) is 55.5 Å². The maximum Gasteiger partial charge on any atom is 0.127 e. The van der Waals surface area contributed by atoms with Crippen LogP contribution in [0, 0.1) is 17.8 Å². The first-order chi connectivity index (χ1) is 16.8. The number of hydrogen-bond donors (Lipinski definition) is 0. The van der Waals surface area contributed by atoms with Gasteiger partial charge in [-0.2, -0.15) is 0 Å². The molecule has 0 bridgehead atoms. The molecule has 1 unspecified atom stereocenters. The minimum atomic E-state index is 0.448. The van der Waals surface area contributed by atoms with Gasteiger partial charge >= 0.3 is 0 Å². The Kier molecular flexibility index (Phi) is 6.24. The van der Waals surface area contributed by atoms with Crippen molar-refractivity contribution in [2.75, 3.05) is 13.2 Å². The van der Waals surface area contributed by atoms with Crippen LogP contribution in [0.1, 0.15) is 69.4 Å². The lowest BCUT2D eigenvalue weighted by Gasteiger charge is -2.33. The summed E-state index contributed by atoms with van der Waals surface area (Å²) in [5.74, 6) is 4.18. The maximum atomic E-state index is 6.74. The van der Waals surface area contributed by atoms with Crippen molar-refractivity contribution in [3.8, 4) is 22.6 Å². The van der Waals surface area contributed by atoms with Crippen molar-refractivity contribution in [2.45, 2.75) is 71.1 Å². The average molecular weight is 455 g/mol. The Morgan fingerprint density at radius 3 is 2.29 bits per heavy atom. The molecule has 2 nitrogen and oxygen atoms in total. The normalized spacial score (nSPS) is 24.4. The van der Waals surface area contributed by atoms with Crippen LogP contribution in [0.5, 0.6) is 11.5 Å². The molecular formula is C32H38O2. The zero-order valence-corrected chi connectivity index (χ0v) is 20.7. The van der Waals surface area contributed by atoms with Gasteiger partial charge in [-0.25, -0.2) is 0 Å². The Labute approximate surface area is 204 Å². The van der Waals surface area contributed by atoms with Crippen LogP contribution in [0.2, 0.25) is 0 Å². The van der Waals surface area contributed by atoms with Gasteiger partial charge in [0.15, 0.2) is 0 Å². The van der Waals surface area contributed by atoms with E-state index >= 15 is 0 Å². The molecule has 0 N–H and O–H groups in total. The van der Waals surface area contributed by atoms with Gasteiger partial charge in [-0.3, -0.25) is 0 Å². The van der Waals surface area contributed by atoms with E-state index in [0.717, 1.165) is 37.1 Å². The number of ether oxygens (including phenoxy) is 2. The van der Waals surface area contributed by atoms with Gasteiger partial charge in [0.2, 0.25) is 0 Å². The highest BCUT2D eigenvalue weighted by Crippen LogP contribution is 2.47. The van der Waals surface area contributed by atoms with Crippen LogP contribution in [0.3, 0.4) is 0 Å². The molecule has 0 spiro atoms. The van der Waals surface area contributed by atoms with Crippen LogP contribution >= 0.6 is 0 Å². The standard InChI is InChI=1S/C32H38O2/c1-2-7-22-12-14-23(15-13-22)26-20-33-29-18-16-24-8-3-5-10-27(24)31(29)32-28-11-6-4-9-25(28)17-19-30(32)34-21-26/h3,5,8,10,16-19,22-23,26H,2,4,6-7,9,11-15,20-21H2,1H3. The molecule has 0 radical (unpaired) electrons. The Hall–Kier alpha value is -2.48. The van der Waals surface area contributed by atoms with E-state index in [-0.39, 0.29) is 0 Å². The van der Waals surface area contributed by atoms with E-state index in [1.807, 2.05) is 0 Å². The van der Waals surface area contributed by atoms with Crippen molar-refractivity contribution in [1.29, 1.82) is 0 Å². The second-order valence-corrected chi connectivity index (χ2v) is 10.9. The second kappa shape index (κ2) is 9.64. The lowest BCUT2D eigenvalue weighted by atomic mass is 9.75. The van der Waals surface area contributed by atoms with Gasteiger partial charge in [0.1, 0.15) is 11.5 Å². The monoisotopic (exact) mass is 454 g/mol. The molecule has 34 heavy (non-hydrogen) atoms. The first-order valence-electron chi connectivity index (χ1n) is 13.7. The summed E-state index contributed by atoms with van der Waals surface area (Å²) in [6, 6.07) is 17.8. The molecule has 1 saturated carbocycles. The van der Waals surface area contributed by atoms with Crippen LogP contribution < -0.4 is 9.47 Å². The van der Waals surface area contributed by atoms with E-state index in [0.29, 0.717) is 11.8 Å². The molecule has 1 heterocycles. The lowest BCUT2D eigenvalue weighted by molar-refractivity contribution is 0.0982. The predicted octanol–water partition coefficient (Wildman–Crippen LogP) is 8.38. The van der Waals surface area contributed by atoms with E-state index in [4.69, 9.17) is 9.47 Å². The molecule has 3 aromatic rings. The number of benzene rings is 3. The SMILES string of the molecule is CCCC1CCC(C2COc3ccc4c(c3-c3c(ccc5ccccc35)OC2)CCCC4)CC1. The number of rotatable bonds is 3. The summed E-state index contributed by atoms with van der Waals surface area (Å²) < 4.78 is 13.5. The second-order valence-electron chi connectivity index (χ2n) is 10.9. The number of aryl methyl sites for hydroxylation is 1. The smallest absolute Gasteiger partial charge is 0.127 e. The van der Waals surface area contributed by atoms with Gasteiger partial charge < -0.3 is 9.47 Å². The van der Waals surface area contributed by atoms with Crippen LogP contribution in [-0.4, -0.2) is 13.2 Å². The van der Waals surface area contributed by atoms with Crippen LogP contribution in [0.15, 0.2) is 48.5 Å². The summed E-state index contributed by atoms with van der Waals surface area (Å²) in [5, 5.41) is 2.55. The molecule has 1 aliphatic heterocycles. The van der Waals surface area contributed by atoms with Crippen molar-refractivity contribution in [1.82, 2.24) is 0 Å². The molecular weight excluding hydrogens is 416 g/mol. The molecule has 3 aliphatic rings. The Morgan fingerprint density at radius 2 is 1.47 bits per heavy atom. The number of fused-ring (bicyclic) bond motifs is 7. The molecule has 0 saturated heterocycles. The summed E-state index contributed by atoms with van der Waals surface area (Å²) in [5.41, 5.74) is 5.54. The number of hydrogen-bond acceptors (Lipinski definition) is 2. The van der Waals surface area contributed by atoms with Gasteiger partial charge in [-0.1, -0.05) is 69.0 Å². The highest BCUT2D eigenvalue weighted by molar-refractivity contribution is 6.02. The first kappa shape index (κ1) is 22.0. The third kappa shape index (κ3) is 4.10. The maximum absolute atomic E-state index is 6.74. The fourth-order valence-corrected chi connectivity index (χ4v) is 6.90. The summed E-state index contributed by atoms with van der Waals surface area (Å²) in [6.45, 7) is 3.84. The van der Waals surface area contributed by atoms with E-state index in [1.165, 1.54) is 90.8 Å². The third-order valence-electron chi connectivity index (χ3n) is 8.80. The molecule has 0 amide bonds. The summed E-state index contributed by atoms with van der Waals surface area (Å²) in [4.78, 5) is 0. The van der Waals surface area contributed by atoms with Crippen molar-refractivity contribution in [3.63, 3.8) is 0 Å². The van der Waals surface area contributed by atoms with E-state index in [9.17, 15) is 0 Å². The molecule has 0 aromatic heterocycles. The zero-order chi connectivity index (χ0) is 22.9. The summed E-state index contributed by atoms with van der Waals surface area (Å²) in [6.07, 6.45) is 13.0. The molecule has 1 fully saturated rings. The largest absolute Gasteiger partial charge is 0.492 e. The molecule has 178 valence electrons. The van der Waals surface area contributed by atoms with Gasteiger partial charge in [0.25, 0.3) is 0 Å². The third-order valence-corrected chi connectivity index (χ3v) is 8.80. The Morgan fingerprint density at radius 1 is 0.735 bits per heavy atom. The van der Waals surface area contributed by atoms with Crippen LogP contribution in [0.25, 0.3) is 21.9 Å². The highest BCUT2D eigenvalue weighted by atomic mass is 16.5. The predicted molar refractivity (Wildman–Crippen MR) is 141 cm³/mol. The zero-order valence-electron chi connectivity index (χ0n) is 20.7. The molecule has 2 aliphatic carbocycles. The van der Waals surface area contributed by atoms with Gasteiger partial charge in [0.05, 0.1) is 13.2 Å². The lowest BCUT2D eigenvalue weighted by Crippen LogP contribution is -2.30. The van der Waals surface area contributed by atoms with Gasteiger partial charge in [-0.15, -0.1) is 0 Å². The molecule has 2 heteroatoms. The van der Waals surface area contributed by atoms with Crippen molar-refractivity contribution < 1.29 is 9.47 Å². The van der Waals surface area contributed by atoms with Crippen LogP contribution in [-0.2, 0) is 12.8 Å².